The van der Waals surface area contributed by atoms with Gasteiger partial charge in [0, 0.05) is 33.4 Å². The Morgan fingerprint density at radius 3 is 1.27 bits per heavy atom. The van der Waals surface area contributed by atoms with Crippen molar-refractivity contribution in [3.8, 4) is 27.9 Å². The highest BCUT2D eigenvalue weighted by atomic mass is 15.2. The molecule has 3 aliphatic rings. The van der Waals surface area contributed by atoms with E-state index in [1.54, 1.807) is 0 Å². The van der Waals surface area contributed by atoms with Crippen LogP contribution in [0.4, 0.5) is 17.1 Å². The molecule has 0 saturated heterocycles. The van der Waals surface area contributed by atoms with E-state index >= 15 is 0 Å². The number of nitrogens with zero attached hydrogens (tertiary/aromatic N) is 2. The standard InChI is InChI=1S/C62H40N2/c1-2-20-41(21-3-1)63(42-22-18-23-43(40-42)64-57-37-16-8-28-48(57)49-29-9-17-38-58(49)64)59-39-19-36-56-60(59)62(52-32-12-6-26-46(52)47-27-7-13-33-53(47)62)55-35-15-14-34-54(55)61(56)50-30-10-4-24-44(50)45-25-5-11-31-51(45)61/h1-40H. The van der Waals surface area contributed by atoms with Crippen LogP contribution in [0.2, 0.25) is 0 Å². The van der Waals surface area contributed by atoms with Gasteiger partial charge in [-0.15, -0.1) is 0 Å². The highest BCUT2D eigenvalue weighted by Crippen LogP contribution is 2.69. The van der Waals surface area contributed by atoms with Crippen LogP contribution < -0.4 is 4.90 Å². The Balaban J connectivity index is 1.15. The maximum absolute atomic E-state index is 2.54. The minimum Gasteiger partial charge on any atom is -0.310 e. The van der Waals surface area contributed by atoms with Crippen LogP contribution in [0.15, 0.2) is 243 Å². The molecular weight excluding hydrogens is 773 g/mol. The Kier molecular flexibility index (Phi) is 7.28. The van der Waals surface area contributed by atoms with Crippen molar-refractivity contribution in [1.29, 1.82) is 0 Å². The van der Waals surface area contributed by atoms with Gasteiger partial charge in [0.25, 0.3) is 0 Å². The Morgan fingerprint density at radius 2 is 0.703 bits per heavy atom. The maximum atomic E-state index is 2.54. The summed E-state index contributed by atoms with van der Waals surface area (Å²) in [6, 6.07) is 91.0. The van der Waals surface area contributed by atoms with E-state index in [1.165, 1.54) is 88.6 Å². The van der Waals surface area contributed by atoms with Gasteiger partial charge in [-0.1, -0.05) is 194 Å². The number of para-hydroxylation sites is 3. The third-order valence-corrected chi connectivity index (χ3v) is 14.6. The van der Waals surface area contributed by atoms with Crippen molar-refractivity contribution in [3.05, 3.63) is 287 Å². The molecule has 0 atom stereocenters. The van der Waals surface area contributed by atoms with E-state index in [0.717, 1.165) is 22.7 Å². The largest absolute Gasteiger partial charge is 0.310 e. The average Bonchev–Trinajstić information content (AvgIpc) is 3.97. The van der Waals surface area contributed by atoms with Crippen molar-refractivity contribution in [1.82, 2.24) is 4.57 Å². The quantitative estimate of drug-likeness (QED) is 0.172. The zero-order chi connectivity index (χ0) is 42.0. The summed E-state index contributed by atoms with van der Waals surface area (Å²) in [5.74, 6) is 0. The molecule has 0 saturated carbocycles. The summed E-state index contributed by atoms with van der Waals surface area (Å²) in [6.07, 6.45) is 0. The molecule has 0 unspecified atom stereocenters. The van der Waals surface area contributed by atoms with Gasteiger partial charge >= 0.3 is 0 Å². The highest BCUT2D eigenvalue weighted by Gasteiger charge is 2.60. The summed E-state index contributed by atoms with van der Waals surface area (Å²) in [5, 5.41) is 2.50. The first-order valence-electron chi connectivity index (χ1n) is 22.4. The number of benzene rings is 10. The Morgan fingerprint density at radius 1 is 0.297 bits per heavy atom. The van der Waals surface area contributed by atoms with Crippen molar-refractivity contribution >= 4 is 38.9 Å². The zero-order valence-electron chi connectivity index (χ0n) is 35.0. The maximum Gasteiger partial charge on any atom is 0.0740 e. The molecule has 14 rings (SSSR count). The molecule has 0 fully saturated rings. The molecule has 2 heteroatoms. The molecule has 0 aliphatic heterocycles. The molecule has 3 aliphatic carbocycles. The van der Waals surface area contributed by atoms with E-state index in [4.69, 9.17) is 0 Å². The van der Waals surface area contributed by atoms with E-state index in [2.05, 4.69) is 252 Å². The Hall–Kier alpha value is -8.20. The van der Waals surface area contributed by atoms with Crippen LogP contribution in [0.3, 0.4) is 0 Å². The van der Waals surface area contributed by atoms with Crippen LogP contribution >= 0.6 is 0 Å². The van der Waals surface area contributed by atoms with Crippen molar-refractivity contribution in [2.45, 2.75) is 10.8 Å². The van der Waals surface area contributed by atoms with Gasteiger partial charge in [-0.3, -0.25) is 0 Å². The lowest BCUT2D eigenvalue weighted by Gasteiger charge is -2.50. The second-order valence-corrected chi connectivity index (χ2v) is 17.5. The summed E-state index contributed by atoms with van der Waals surface area (Å²) >= 11 is 0. The van der Waals surface area contributed by atoms with Gasteiger partial charge in [0.2, 0.25) is 0 Å². The van der Waals surface area contributed by atoms with Crippen molar-refractivity contribution in [2.24, 2.45) is 0 Å². The Labute approximate surface area is 372 Å². The van der Waals surface area contributed by atoms with Crippen LogP contribution in [-0.2, 0) is 10.8 Å². The number of aromatic nitrogens is 1. The molecule has 1 aromatic heterocycles. The van der Waals surface area contributed by atoms with Crippen LogP contribution in [0, 0.1) is 0 Å². The summed E-state index contributed by atoms with van der Waals surface area (Å²) in [7, 11) is 0. The normalized spacial score (nSPS) is 14.2. The summed E-state index contributed by atoms with van der Waals surface area (Å²) in [5.41, 5.74) is 21.4. The highest BCUT2D eigenvalue weighted by molar-refractivity contribution is 6.09. The molecular formula is C62H40N2. The first kappa shape index (κ1) is 35.4. The number of hydrogen-bond acceptors (Lipinski definition) is 1. The van der Waals surface area contributed by atoms with Crippen LogP contribution in [-0.4, -0.2) is 4.57 Å². The molecule has 1 heterocycles. The molecule has 298 valence electrons. The SMILES string of the molecule is c1ccc(N(c2cccc(-n3c4ccccc4c4ccccc43)c2)c2cccc3c2C2(c4ccccc4-c4ccccc42)c2ccccc2C32c3ccccc3-c3ccccc32)cc1. The lowest BCUT2D eigenvalue weighted by molar-refractivity contribution is 0.633. The third-order valence-electron chi connectivity index (χ3n) is 14.6. The summed E-state index contributed by atoms with van der Waals surface area (Å²) in [4.78, 5) is 2.54. The van der Waals surface area contributed by atoms with Crippen molar-refractivity contribution in [2.75, 3.05) is 4.90 Å². The minimum atomic E-state index is -0.648. The topological polar surface area (TPSA) is 8.17 Å². The van der Waals surface area contributed by atoms with Gasteiger partial charge in [0.05, 0.1) is 27.6 Å². The predicted octanol–water partition coefficient (Wildman–Crippen LogP) is 15.3. The van der Waals surface area contributed by atoms with Crippen molar-refractivity contribution in [3.63, 3.8) is 0 Å². The van der Waals surface area contributed by atoms with E-state index in [9.17, 15) is 0 Å². The smallest absolute Gasteiger partial charge is 0.0740 e. The van der Waals surface area contributed by atoms with E-state index in [0.29, 0.717) is 0 Å². The van der Waals surface area contributed by atoms with Gasteiger partial charge in [-0.2, -0.15) is 0 Å². The first-order chi connectivity index (χ1) is 31.8. The monoisotopic (exact) mass is 812 g/mol. The van der Waals surface area contributed by atoms with Crippen molar-refractivity contribution < 1.29 is 0 Å². The summed E-state index contributed by atoms with van der Waals surface area (Å²) in [6.45, 7) is 0. The zero-order valence-corrected chi connectivity index (χ0v) is 35.0. The molecule has 11 aromatic rings. The second-order valence-electron chi connectivity index (χ2n) is 17.5. The Bertz CT molecular complexity index is 3560. The lowest BCUT2D eigenvalue weighted by atomic mass is 9.52. The van der Waals surface area contributed by atoms with Crippen LogP contribution in [0.5, 0.6) is 0 Å². The molecule has 0 radical (unpaired) electrons. The first-order valence-corrected chi connectivity index (χ1v) is 22.4. The molecule has 2 nitrogen and oxygen atoms in total. The second kappa shape index (κ2) is 13.2. The molecule has 0 N–H and O–H groups in total. The number of anilines is 3. The van der Waals surface area contributed by atoms with Crippen LogP contribution in [0.25, 0.3) is 49.7 Å². The number of rotatable bonds is 4. The van der Waals surface area contributed by atoms with Gasteiger partial charge < -0.3 is 9.47 Å². The fourth-order valence-corrected chi connectivity index (χ4v) is 12.4. The van der Waals surface area contributed by atoms with Gasteiger partial charge in [-0.05, 0) is 110 Å². The van der Waals surface area contributed by atoms with E-state index < -0.39 is 10.8 Å². The summed E-state index contributed by atoms with van der Waals surface area (Å²) < 4.78 is 2.43. The van der Waals surface area contributed by atoms with E-state index in [-0.39, 0.29) is 0 Å². The molecule has 64 heavy (non-hydrogen) atoms. The number of fused-ring (bicyclic) bond motifs is 19. The number of hydrogen-bond donors (Lipinski definition) is 0. The molecule has 0 amide bonds. The lowest BCUT2D eigenvalue weighted by Crippen LogP contribution is -2.44. The average molecular weight is 813 g/mol. The van der Waals surface area contributed by atoms with Crippen LogP contribution in [0.1, 0.15) is 44.5 Å². The molecule has 2 spiro atoms. The predicted molar refractivity (Wildman–Crippen MR) is 264 cm³/mol. The minimum absolute atomic E-state index is 0.583. The van der Waals surface area contributed by atoms with Gasteiger partial charge in [0.15, 0.2) is 0 Å². The van der Waals surface area contributed by atoms with Gasteiger partial charge in [0.1, 0.15) is 0 Å². The molecule has 0 bridgehead atoms. The fourth-order valence-electron chi connectivity index (χ4n) is 12.4. The van der Waals surface area contributed by atoms with E-state index in [1.807, 2.05) is 0 Å². The fraction of sp³-hybridized carbons (Fsp3) is 0.0323. The molecule has 10 aromatic carbocycles. The third kappa shape index (κ3) is 4.39. The van der Waals surface area contributed by atoms with Gasteiger partial charge in [-0.25, -0.2) is 0 Å².